The summed E-state index contributed by atoms with van der Waals surface area (Å²) in [5.41, 5.74) is 7.05. The van der Waals surface area contributed by atoms with Crippen LogP contribution in [0.25, 0.3) is 0 Å². The molecule has 110 valence electrons. The lowest BCUT2D eigenvalue weighted by molar-refractivity contribution is 0.285. The Kier molecular flexibility index (Phi) is 4.31. The van der Waals surface area contributed by atoms with Gasteiger partial charge in [0.15, 0.2) is 0 Å². The number of aromatic nitrogens is 2. The van der Waals surface area contributed by atoms with Crippen LogP contribution in [-0.2, 0) is 6.54 Å². The van der Waals surface area contributed by atoms with Crippen molar-refractivity contribution in [3.05, 3.63) is 48.2 Å². The van der Waals surface area contributed by atoms with Crippen molar-refractivity contribution in [1.29, 1.82) is 0 Å². The molecule has 0 saturated carbocycles. The van der Waals surface area contributed by atoms with Gasteiger partial charge in [0.2, 0.25) is 5.95 Å². The number of rotatable bonds is 3. The van der Waals surface area contributed by atoms with Crippen LogP contribution in [0, 0.1) is 0 Å². The Morgan fingerprint density at radius 1 is 1.00 bits per heavy atom. The first-order chi connectivity index (χ1) is 10.3. The highest BCUT2D eigenvalue weighted by molar-refractivity contribution is 5.41. The van der Waals surface area contributed by atoms with E-state index in [1.165, 1.54) is 5.56 Å². The lowest BCUT2D eigenvalue weighted by Crippen LogP contribution is -2.31. The van der Waals surface area contributed by atoms with Gasteiger partial charge in [-0.2, -0.15) is 4.98 Å². The molecule has 0 bridgehead atoms. The molecular formula is C16H21N5. The molecule has 0 radical (unpaired) electrons. The van der Waals surface area contributed by atoms with Crippen LogP contribution in [0.5, 0.6) is 0 Å². The van der Waals surface area contributed by atoms with Crippen molar-refractivity contribution in [3.63, 3.8) is 0 Å². The largest absolute Gasteiger partial charge is 0.368 e. The monoisotopic (exact) mass is 283 g/mol. The fourth-order valence-electron chi connectivity index (χ4n) is 2.74. The zero-order valence-corrected chi connectivity index (χ0v) is 12.2. The van der Waals surface area contributed by atoms with E-state index in [-0.39, 0.29) is 0 Å². The Hall–Kier alpha value is -2.14. The van der Waals surface area contributed by atoms with Crippen LogP contribution >= 0.6 is 0 Å². The molecule has 1 aromatic carbocycles. The van der Waals surface area contributed by atoms with E-state index in [4.69, 9.17) is 5.73 Å². The maximum absolute atomic E-state index is 5.67. The van der Waals surface area contributed by atoms with Crippen molar-refractivity contribution in [2.75, 3.05) is 36.8 Å². The minimum atomic E-state index is 0.345. The number of nitrogens with zero attached hydrogens (tertiary/aromatic N) is 4. The summed E-state index contributed by atoms with van der Waals surface area (Å²) in [6.07, 6.45) is 2.86. The van der Waals surface area contributed by atoms with Crippen LogP contribution < -0.4 is 10.6 Å². The first-order valence-electron chi connectivity index (χ1n) is 7.41. The third-order valence-corrected chi connectivity index (χ3v) is 3.82. The highest BCUT2D eigenvalue weighted by Gasteiger charge is 2.16. The molecule has 0 aliphatic carbocycles. The topological polar surface area (TPSA) is 58.3 Å². The van der Waals surface area contributed by atoms with Crippen LogP contribution in [0.15, 0.2) is 42.6 Å². The Balaban J connectivity index is 1.62. The van der Waals surface area contributed by atoms with E-state index in [2.05, 4.69) is 50.1 Å². The molecule has 21 heavy (non-hydrogen) atoms. The predicted molar refractivity (Wildman–Crippen MR) is 85.0 cm³/mol. The van der Waals surface area contributed by atoms with Gasteiger partial charge in [-0.05, 0) is 18.1 Å². The average molecular weight is 283 g/mol. The van der Waals surface area contributed by atoms with Crippen molar-refractivity contribution >= 4 is 11.8 Å². The second kappa shape index (κ2) is 6.54. The molecule has 0 spiro atoms. The van der Waals surface area contributed by atoms with E-state index in [1.807, 2.05) is 6.07 Å². The molecular weight excluding hydrogens is 262 g/mol. The van der Waals surface area contributed by atoms with E-state index in [0.717, 1.165) is 45.0 Å². The first kappa shape index (κ1) is 13.8. The van der Waals surface area contributed by atoms with Gasteiger partial charge in [-0.3, -0.25) is 4.90 Å². The SMILES string of the molecule is Nc1nccc(N2CCCN(Cc3ccccc3)CC2)n1. The van der Waals surface area contributed by atoms with Gasteiger partial charge in [0.1, 0.15) is 5.82 Å². The number of anilines is 2. The average Bonchev–Trinajstić information content (AvgIpc) is 2.74. The number of nitrogens with two attached hydrogens (primary N) is 1. The number of hydrogen-bond donors (Lipinski definition) is 1. The fraction of sp³-hybridized carbons (Fsp3) is 0.375. The molecule has 1 aliphatic heterocycles. The van der Waals surface area contributed by atoms with Crippen LogP contribution in [0.2, 0.25) is 0 Å². The lowest BCUT2D eigenvalue weighted by Gasteiger charge is -2.22. The second-order valence-corrected chi connectivity index (χ2v) is 5.38. The molecule has 2 N–H and O–H groups in total. The zero-order valence-electron chi connectivity index (χ0n) is 12.2. The van der Waals surface area contributed by atoms with Gasteiger partial charge in [0, 0.05) is 38.9 Å². The minimum Gasteiger partial charge on any atom is -0.368 e. The standard InChI is InChI=1S/C16H21N5/c17-16-18-8-7-15(19-16)21-10-4-9-20(11-12-21)13-14-5-2-1-3-6-14/h1-3,5-8H,4,9-13H2,(H2,17,18,19). The summed E-state index contributed by atoms with van der Waals surface area (Å²) < 4.78 is 0. The number of benzene rings is 1. The van der Waals surface area contributed by atoms with E-state index in [1.54, 1.807) is 6.20 Å². The molecule has 3 rings (SSSR count). The van der Waals surface area contributed by atoms with Gasteiger partial charge in [-0.25, -0.2) is 4.98 Å². The fourth-order valence-corrected chi connectivity index (χ4v) is 2.74. The van der Waals surface area contributed by atoms with Gasteiger partial charge < -0.3 is 10.6 Å². The molecule has 2 heterocycles. The second-order valence-electron chi connectivity index (χ2n) is 5.38. The van der Waals surface area contributed by atoms with Crippen molar-refractivity contribution < 1.29 is 0 Å². The van der Waals surface area contributed by atoms with Crippen LogP contribution in [0.4, 0.5) is 11.8 Å². The molecule has 1 aliphatic rings. The molecule has 2 aromatic rings. The van der Waals surface area contributed by atoms with E-state index >= 15 is 0 Å². The zero-order chi connectivity index (χ0) is 14.5. The predicted octanol–water partition coefficient (Wildman–Crippen LogP) is 1.77. The normalized spacial score (nSPS) is 16.7. The van der Waals surface area contributed by atoms with Crippen molar-refractivity contribution in [3.8, 4) is 0 Å². The van der Waals surface area contributed by atoms with Gasteiger partial charge in [-0.15, -0.1) is 0 Å². The molecule has 0 amide bonds. The Morgan fingerprint density at radius 3 is 2.67 bits per heavy atom. The molecule has 5 heteroatoms. The van der Waals surface area contributed by atoms with Crippen LogP contribution in [-0.4, -0.2) is 41.0 Å². The number of nitrogen functional groups attached to an aromatic ring is 1. The Bertz CT molecular complexity index is 572. The first-order valence-corrected chi connectivity index (χ1v) is 7.41. The van der Waals surface area contributed by atoms with Gasteiger partial charge >= 0.3 is 0 Å². The van der Waals surface area contributed by atoms with Crippen molar-refractivity contribution in [1.82, 2.24) is 14.9 Å². The summed E-state index contributed by atoms with van der Waals surface area (Å²) in [7, 11) is 0. The quantitative estimate of drug-likeness (QED) is 0.930. The Morgan fingerprint density at radius 2 is 1.86 bits per heavy atom. The van der Waals surface area contributed by atoms with Gasteiger partial charge in [0.05, 0.1) is 0 Å². The maximum atomic E-state index is 5.67. The van der Waals surface area contributed by atoms with Crippen molar-refractivity contribution in [2.45, 2.75) is 13.0 Å². The highest BCUT2D eigenvalue weighted by atomic mass is 15.3. The molecule has 1 saturated heterocycles. The summed E-state index contributed by atoms with van der Waals surface area (Å²) >= 11 is 0. The highest BCUT2D eigenvalue weighted by Crippen LogP contribution is 2.15. The van der Waals surface area contributed by atoms with E-state index in [0.29, 0.717) is 5.95 Å². The summed E-state index contributed by atoms with van der Waals surface area (Å²) in [5.74, 6) is 1.28. The van der Waals surface area contributed by atoms with Crippen LogP contribution in [0.3, 0.4) is 0 Å². The third-order valence-electron chi connectivity index (χ3n) is 3.82. The molecule has 0 unspecified atom stereocenters. The van der Waals surface area contributed by atoms with Gasteiger partial charge in [-0.1, -0.05) is 30.3 Å². The summed E-state index contributed by atoms with van der Waals surface area (Å²) in [6, 6.07) is 12.6. The van der Waals surface area contributed by atoms with Crippen molar-refractivity contribution in [2.24, 2.45) is 0 Å². The Labute approximate surface area is 125 Å². The smallest absolute Gasteiger partial charge is 0.221 e. The minimum absolute atomic E-state index is 0.345. The molecule has 1 fully saturated rings. The summed E-state index contributed by atoms with van der Waals surface area (Å²) in [5, 5.41) is 0. The third kappa shape index (κ3) is 3.70. The summed E-state index contributed by atoms with van der Waals surface area (Å²) in [4.78, 5) is 13.1. The summed E-state index contributed by atoms with van der Waals surface area (Å²) in [6.45, 7) is 5.16. The number of hydrogen-bond acceptors (Lipinski definition) is 5. The van der Waals surface area contributed by atoms with Gasteiger partial charge in [0.25, 0.3) is 0 Å². The van der Waals surface area contributed by atoms with E-state index in [9.17, 15) is 0 Å². The molecule has 1 aromatic heterocycles. The lowest BCUT2D eigenvalue weighted by atomic mass is 10.2. The van der Waals surface area contributed by atoms with Crippen LogP contribution in [0.1, 0.15) is 12.0 Å². The van der Waals surface area contributed by atoms with E-state index < -0.39 is 0 Å². The molecule has 5 nitrogen and oxygen atoms in total. The molecule has 0 atom stereocenters. The maximum Gasteiger partial charge on any atom is 0.221 e.